The van der Waals surface area contributed by atoms with Crippen molar-refractivity contribution < 1.29 is 4.79 Å². The van der Waals surface area contributed by atoms with Crippen LogP contribution in [0.4, 0.5) is 0 Å². The quantitative estimate of drug-likeness (QED) is 0.769. The molecule has 0 saturated heterocycles. The molecule has 23 heavy (non-hydrogen) atoms. The van der Waals surface area contributed by atoms with Crippen LogP contribution in [0.1, 0.15) is 11.1 Å². The summed E-state index contributed by atoms with van der Waals surface area (Å²) in [4.78, 5) is 11.8. The Hall–Kier alpha value is -1.26. The van der Waals surface area contributed by atoms with E-state index in [-0.39, 0.29) is 12.5 Å². The van der Waals surface area contributed by atoms with Crippen LogP contribution in [0.15, 0.2) is 42.5 Å². The average Bonchev–Trinajstić information content (AvgIpc) is 2.51. The van der Waals surface area contributed by atoms with Gasteiger partial charge >= 0.3 is 0 Å². The summed E-state index contributed by atoms with van der Waals surface area (Å²) >= 11 is 17.8. The van der Waals surface area contributed by atoms with Gasteiger partial charge in [0.1, 0.15) is 0 Å². The third kappa shape index (κ3) is 6.40. The first-order valence-electron chi connectivity index (χ1n) is 7.20. The van der Waals surface area contributed by atoms with Gasteiger partial charge < -0.3 is 10.6 Å². The fourth-order valence-corrected chi connectivity index (χ4v) is 2.68. The first-order valence-corrected chi connectivity index (χ1v) is 8.34. The molecule has 0 bridgehead atoms. The molecular weight excluding hydrogens is 355 g/mol. The average molecular weight is 372 g/mol. The molecule has 0 saturated carbocycles. The Labute approximate surface area is 150 Å². The van der Waals surface area contributed by atoms with E-state index < -0.39 is 0 Å². The first-order chi connectivity index (χ1) is 11.0. The molecule has 6 heteroatoms. The highest BCUT2D eigenvalue weighted by Crippen LogP contribution is 2.21. The summed E-state index contributed by atoms with van der Waals surface area (Å²) < 4.78 is 0. The second-order valence-corrected chi connectivity index (χ2v) is 6.35. The molecule has 0 heterocycles. The molecule has 0 aliphatic rings. The van der Waals surface area contributed by atoms with Gasteiger partial charge in [-0.15, -0.1) is 0 Å². The van der Waals surface area contributed by atoms with Gasteiger partial charge in [-0.1, -0.05) is 53.0 Å². The van der Waals surface area contributed by atoms with E-state index in [4.69, 9.17) is 34.8 Å². The zero-order chi connectivity index (χ0) is 16.7. The van der Waals surface area contributed by atoms with Gasteiger partial charge in [0.2, 0.25) is 5.91 Å². The van der Waals surface area contributed by atoms with E-state index in [1.807, 2.05) is 30.3 Å². The molecule has 0 unspecified atom stereocenters. The minimum absolute atomic E-state index is 0.0518. The second kappa shape index (κ2) is 9.14. The summed E-state index contributed by atoms with van der Waals surface area (Å²) in [5.74, 6) is -0.0518. The minimum atomic E-state index is -0.0518. The van der Waals surface area contributed by atoms with Crippen molar-refractivity contribution in [2.24, 2.45) is 0 Å². The van der Waals surface area contributed by atoms with E-state index in [0.29, 0.717) is 34.6 Å². The molecular formula is C17H17Cl3N2O. The third-order valence-electron chi connectivity index (χ3n) is 3.26. The Morgan fingerprint density at radius 2 is 1.65 bits per heavy atom. The van der Waals surface area contributed by atoms with Gasteiger partial charge in [-0.25, -0.2) is 0 Å². The molecule has 3 nitrogen and oxygen atoms in total. The number of carbonyl (C=O) groups is 1. The third-order valence-corrected chi connectivity index (χ3v) is 4.10. The fourth-order valence-electron chi connectivity index (χ4n) is 2.05. The van der Waals surface area contributed by atoms with Crippen LogP contribution < -0.4 is 10.6 Å². The molecule has 2 aromatic rings. The van der Waals surface area contributed by atoms with Crippen LogP contribution in [-0.4, -0.2) is 19.0 Å². The number of amides is 1. The van der Waals surface area contributed by atoms with Crippen molar-refractivity contribution in [3.05, 3.63) is 68.7 Å². The van der Waals surface area contributed by atoms with Crippen molar-refractivity contribution in [1.82, 2.24) is 10.6 Å². The first kappa shape index (κ1) is 18.1. The van der Waals surface area contributed by atoms with Crippen molar-refractivity contribution in [2.45, 2.75) is 13.0 Å². The second-order valence-electron chi connectivity index (χ2n) is 5.07. The van der Waals surface area contributed by atoms with E-state index in [2.05, 4.69) is 10.6 Å². The summed E-state index contributed by atoms with van der Waals surface area (Å²) in [5.41, 5.74) is 2.04. The molecule has 0 spiro atoms. The molecule has 1 amide bonds. The summed E-state index contributed by atoms with van der Waals surface area (Å²) in [6.07, 6.45) is 0.666. The van der Waals surface area contributed by atoms with Crippen molar-refractivity contribution >= 4 is 40.7 Å². The molecule has 122 valence electrons. The number of hydrogen-bond acceptors (Lipinski definition) is 2. The van der Waals surface area contributed by atoms with Gasteiger partial charge in [-0.05, 0) is 41.8 Å². The van der Waals surface area contributed by atoms with E-state index >= 15 is 0 Å². The van der Waals surface area contributed by atoms with Crippen molar-refractivity contribution in [3.63, 3.8) is 0 Å². The van der Waals surface area contributed by atoms with Gasteiger partial charge in [0.15, 0.2) is 0 Å². The maximum absolute atomic E-state index is 11.8. The van der Waals surface area contributed by atoms with Crippen molar-refractivity contribution in [3.8, 4) is 0 Å². The number of hydrogen-bond donors (Lipinski definition) is 2. The highest BCUT2D eigenvalue weighted by Gasteiger charge is 2.04. The van der Waals surface area contributed by atoms with Crippen LogP contribution in [0.3, 0.4) is 0 Å². The van der Waals surface area contributed by atoms with Crippen LogP contribution in [0, 0.1) is 0 Å². The molecule has 0 atom stereocenters. The smallest absolute Gasteiger partial charge is 0.233 e. The Bertz CT molecular complexity index is 659. The van der Waals surface area contributed by atoms with Gasteiger partial charge in [0.25, 0.3) is 0 Å². The minimum Gasteiger partial charge on any atom is -0.355 e. The van der Waals surface area contributed by atoms with Gasteiger partial charge in [-0.2, -0.15) is 0 Å². The van der Waals surface area contributed by atoms with Crippen LogP contribution in [-0.2, 0) is 17.8 Å². The van der Waals surface area contributed by atoms with Crippen molar-refractivity contribution in [1.29, 1.82) is 0 Å². The lowest BCUT2D eigenvalue weighted by molar-refractivity contribution is -0.120. The predicted molar refractivity (Wildman–Crippen MR) is 96.3 cm³/mol. The molecule has 0 fully saturated rings. The SMILES string of the molecule is O=C(CNCc1ccc(Cl)cc1)NCCc1ccc(Cl)cc1Cl. The van der Waals surface area contributed by atoms with Gasteiger partial charge in [0.05, 0.1) is 6.54 Å². The Morgan fingerprint density at radius 3 is 2.35 bits per heavy atom. The lowest BCUT2D eigenvalue weighted by Crippen LogP contribution is -2.34. The molecule has 2 rings (SSSR count). The number of halogens is 3. The highest BCUT2D eigenvalue weighted by molar-refractivity contribution is 6.35. The number of benzene rings is 2. The maximum atomic E-state index is 11.8. The molecule has 0 radical (unpaired) electrons. The zero-order valence-electron chi connectivity index (χ0n) is 12.4. The van der Waals surface area contributed by atoms with Crippen LogP contribution in [0.2, 0.25) is 15.1 Å². The Kier molecular flexibility index (Phi) is 7.18. The lowest BCUT2D eigenvalue weighted by atomic mass is 10.1. The highest BCUT2D eigenvalue weighted by atomic mass is 35.5. The van der Waals surface area contributed by atoms with Gasteiger partial charge in [-0.3, -0.25) is 4.79 Å². The molecule has 0 aliphatic heterocycles. The Morgan fingerprint density at radius 1 is 0.957 bits per heavy atom. The standard InChI is InChI=1S/C17H17Cl3N2O/c18-14-4-1-12(2-5-14)10-21-11-17(23)22-8-7-13-3-6-15(19)9-16(13)20/h1-6,9,21H,7-8,10-11H2,(H,22,23). The largest absolute Gasteiger partial charge is 0.355 e. The molecule has 0 aliphatic carbocycles. The number of rotatable bonds is 7. The van der Waals surface area contributed by atoms with E-state index in [0.717, 1.165) is 11.1 Å². The summed E-state index contributed by atoms with van der Waals surface area (Å²) in [7, 11) is 0. The predicted octanol–water partition coefficient (Wildman–Crippen LogP) is 4.10. The maximum Gasteiger partial charge on any atom is 0.233 e. The Balaban J connectivity index is 1.66. The van der Waals surface area contributed by atoms with Crippen LogP contribution in [0.25, 0.3) is 0 Å². The fraction of sp³-hybridized carbons (Fsp3) is 0.235. The molecule has 2 N–H and O–H groups in total. The van der Waals surface area contributed by atoms with E-state index in [1.165, 1.54) is 0 Å². The zero-order valence-corrected chi connectivity index (χ0v) is 14.7. The van der Waals surface area contributed by atoms with E-state index in [1.54, 1.807) is 12.1 Å². The topological polar surface area (TPSA) is 41.1 Å². The summed E-state index contributed by atoms with van der Waals surface area (Å²) in [6.45, 7) is 1.41. The lowest BCUT2D eigenvalue weighted by Gasteiger charge is -2.08. The normalized spacial score (nSPS) is 10.6. The van der Waals surface area contributed by atoms with E-state index in [9.17, 15) is 4.79 Å². The molecule has 0 aromatic heterocycles. The number of nitrogens with one attached hydrogen (secondary N) is 2. The van der Waals surface area contributed by atoms with Crippen molar-refractivity contribution in [2.75, 3.05) is 13.1 Å². The summed E-state index contributed by atoms with van der Waals surface area (Å²) in [6, 6.07) is 12.9. The number of carbonyl (C=O) groups excluding carboxylic acids is 1. The summed E-state index contributed by atoms with van der Waals surface area (Å²) in [5, 5.41) is 7.87. The van der Waals surface area contributed by atoms with Gasteiger partial charge in [0, 0.05) is 28.2 Å². The van der Waals surface area contributed by atoms with Crippen LogP contribution in [0.5, 0.6) is 0 Å². The monoisotopic (exact) mass is 370 g/mol. The molecule has 2 aromatic carbocycles. The van der Waals surface area contributed by atoms with Crippen LogP contribution >= 0.6 is 34.8 Å².